The first-order chi connectivity index (χ1) is 13.8. The fourth-order valence-electron chi connectivity index (χ4n) is 3.51. The minimum absolute atomic E-state index is 0.158. The number of nitrogens with one attached hydrogen (secondary N) is 2. The van der Waals surface area contributed by atoms with Crippen molar-refractivity contribution in [2.24, 2.45) is 11.8 Å². The fourth-order valence-corrected chi connectivity index (χ4v) is 4.57. The Kier molecular flexibility index (Phi) is 6.22. The van der Waals surface area contributed by atoms with Crippen LogP contribution in [-0.4, -0.2) is 20.3 Å². The summed E-state index contributed by atoms with van der Waals surface area (Å²) < 4.78 is 27.4. The van der Waals surface area contributed by atoms with Gasteiger partial charge in [-0.3, -0.25) is 9.52 Å². The summed E-state index contributed by atoms with van der Waals surface area (Å²) in [6.45, 7) is 1.87. The standard InChI is InChI=1S/C21H24N2O5S/c1-14-6-12-17(13-7-14)29(27,28)23-16-10-8-15(9-11-16)22-20(24)18-4-2-3-5-19(18)21(25)26/h6-13,18-19,23H,2-5H2,1H3,(H,22,24)(H,25,26)/p-1/t18-,19+/m1/s1. The maximum absolute atomic E-state index is 12.5. The van der Waals surface area contributed by atoms with Crippen LogP contribution in [0.2, 0.25) is 0 Å². The maximum Gasteiger partial charge on any atom is 0.261 e. The molecule has 0 bridgehead atoms. The van der Waals surface area contributed by atoms with Crippen LogP contribution in [0.4, 0.5) is 11.4 Å². The summed E-state index contributed by atoms with van der Waals surface area (Å²) in [7, 11) is -3.71. The zero-order chi connectivity index (χ0) is 21.0. The fraction of sp³-hybridized carbons (Fsp3) is 0.333. The first-order valence-corrected chi connectivity index (χ1v) is 11.0. The van der Waals surface area contributed by atoms with Gasteiger partial charge in [0.05, 0.1) is 4.90 Å². The zero-order valence-corrected chi connectivity index (χ0v) is 16.9. The van der Waals surface area contributed by atoms with Gasteiger partial charge in [-0.2, -0.15) is 0 Å². The van der Waals surface area contributed by atoms with Crippen molar-refractivity contribution in [2.45, 2.75) is 37.5 Å². The molecule has 3 rings (SSSR count). The molecule has 0 heterocycles. The van der Waals surface area contributed by atoms with Crippen molar-refractivity contribution >= 4 is 33.3 Å². The van der Waals surface area contributed by atoms with Gasteiger partial charge in [0.1, 0.15) is 0 Å². The van der Waals surface area contributed by atoms with Gasteiger partial charge in [0, 0.05) is 29.2 Å². The highest BCUT2D eigenvalue weighted by Gasteiger charge is 2.31. The summed E-state index contributed by atoms with van der Waals surface area (Å²) >= 11 is 0. The number of carboxylic acids is 1. The van der Waals surface area contributed by atoms with Crippen molar-refractivity contribution in [3.8, 4) is 0 Å². The average molecular weight is 415 g/mol. The second-order valence-corrected chi connectivity index (χ2v) is 8.98. The lowest BCUT2D eigenvalue weighted by Gasteiger charge is -2.31. The number of carbonyl (C=O) groups excluding carboxylic acids is 2. The van der Waals surface area contributed by atoms with Gasteiger partial charge in [-0.05, 0) is 56.2 Å². The number of rotatable bonds is 6. The Labute approximate surface area is 170 Å². The van der Waals surface area contributed by atoms with Crippen LogP contribution in [0, 0.1) is 18.8 Å². The van der Waals surface area contributed by atoms with E-state index in [1.165, 1.54) is 12.1 Å². The molecule has 8 heteroatoms. The molecule has 0 aliphatic heterocycles. The highest BCUT2D eigenvalue weighted by atomic mass is 32.2. The predicted octanol–water partition coefficient (Wildman–Crippen LogP) is 2.29. The Morgan fingerprint density at radius 3 is 2.03 bits per heavy atom. The molecule has 1 amide bonds. The minimum Gasteiger partial charge on any atom is -0.550 e. The van der Waals surface area contributed by atoms with E-state index in [9.17, 15) is 23.1 Å². The minimum atomic E-state index is -3.71. The molecule has 0 aromatic heterocycles. The molecular formula is C21H23N2O5S-. The molecule has 0 radical (unpaired) electrons. The lowest BCUT2D eigenvalue weighted by molar-refractivity contribution is -0.313. The molecule has 154 valence electrons. The quantitative estimate of drug-likeness (QED) is 0.751. The van der Waals surface area contributed by atoms with E-state index in [2.05, 4.69) is 10.0 Å². The highest BCUT2D eigenvalue weighted by molar-refractivity contribution is 7.92. The number of anilines is 2. The monoisotopic (exact) mass is 415 g/mol. The lowest BCUT2D eigenvalue weighted by atomic mass is 9.78. The molecule has 2 N–H and O–H groups in total. The van der Waals surface area contributed by atoms with E-state index in [0.717, 1.165) is 18.4 Å². The van der Waals surface area contributed by atoms with Crippen molar-refractivity contribution < 1.29 is 23.1 Å². The second kappa shape index (κ2) is 8.65. The molecule has 1 fully saturated rings. The molecule has 0 saturated heterocycles. The van der Waals surface area contributed by atoms with Crippen molar-refractivity contribution in [1.82, 2.24) is 0 Å². The Balaban J connectivity index is 1.66. The van der Waals surface area contributed by atoms with E-state index in [1.54, 1.807) is 36.4 Å². The van der Waals surface area contributed by atoms with E-state index in [-0.39, 0.29) is 10.8 Å². The number of carboxylic acid groups (broad SMARTS) is 1. The normalized spacial score (nSPS) is 19.3. The Bertz CT molecular complexity index is 985. The largest absolute Gasteiger partial charge is 0.550 e. The Hall–Kier alpha value is -2.87. The summed E-state index contributed by atoms with van der Waals surface area (Å²) in [6, 6.07) is 12.7. The first kappa shape index (κ1) is 20.9. The molecule has 1 saturated carbocycles. The summed E-state index contributed by atoms with van der Waals surface area (Å²) in [4.78, 5) is 23.9. The molecule has 0 spiro atoms. The van der Waals surface area contributed by atoms with Crippen LogP contribution in [-0.2, 0) is 19.6 Å². The van der Waals surface area contributed by atoms with Crippen LogP contribution in [0.5, 0.6) is 0 Å². The van der Waals surface area contributed by atoms with E-state index in [4.69, 9.17) is 0 Å². The number of hydrogen-bond acceptors (Lipinski definition) is 5. The topological polar surface area (TPSA) is 115 Å². The molecule has 0 unspecified atom stereocenters. The van der Waals surface area contributed by atoms with Crippen LogP contribution in [0.25, 0.3) is 0 Å². The second-order valence-electron chi connectivity index (χ2n) is 7.30. The number of sulfonamides is 1. The lowest BCUT2D eigenvalue weighted by Crippen LogP contribution is -2.42. The molecule has 7 nitrogen and oxygen atoms in total. The number of aryl methyl sites for hydroxylation is 1. The molecule has 2 atom stereocenters. The SMILES string of the molecule is Cc1ccc(S(=O)(=O)Nc2ccc(NC(=O)[C@@H]3CCCC[C@@H]3C(=O)[O-])cc2)cc1. The van der Waals surface area contributed by atoms with Gasteiger partial charge < -0.3 is 15.2 Å². The van der Waals surface area contributed by atoms with E-state index < -0.39 is 27.8 Å². The smallest absolute Gasteiger partial charge is 0.261 e. The summed E-state index contributed by atoms with van der Waals surface area (Å²) in [5.41, 5.74) is 1.78. The first-order valence-electron chi connectivity index (χ1n) is 9.47. The van der Waals surface area contributed by atoms with Crippen LogP contribution >= 0.6 is 0 Å². The third-order valence-corrected chi connectivity index (χ3v) is 6.54. The maximum atomic E-state index is 12.5. The number of amides is 1. The third-order valence-electron chi connectivity index (χ3n) is 5.14. The number of carbonyl (C=O) groups is 2. The predicted molar refractivity (Wildman–Crippen MR) is 108 cm³/mol. The number of benzene rings is 2. The van der Waals surface area contributed by atoms with Crippen LogP contribution in [0.1, 0.15) is 31.2 Å². The number of aliphatic carboxylic acids is 1. The Morgan fingerprint density at radius 1 is 0.897 bits per heavy atom. The Morgan fingerprint density at radius 2 is 1.45 bits per heavy atom. The summed E-state index contributed by atoms with van der Waals surface area (Å²) in [5, 5.41) is 14.0. The molecule has 1 aliphatic carbocycles. The van der Waals surface area contributed by atoms with Crippen LogP contribution < -0.4 is 15.1 Å². The molecule has 29 heavy (non-hydrogen) atoms. The molecule has 1 aliphatic rings. The van der Waals surface area contributed by atoms with Gasteiger partial charge in [-0.25, -0.2) is 8.42 Å². The zero-order valence-electron chi connectivity index (χ0n) is 16.1. The van der Waals surface area contributed by atoms with Crippen molar-refractivity contribution in [3.05, 3.63) is 54.1 Å². The van der Waals surface area contributed by atoms with E-state index in [0.29, 0.717) is 24.2 Å². The van der Waals surface area contributed by atoms with Crippen LogP contribution in [0.15, 0.2) is 53.4 Å². The molecule has 2 aromatic rings. The van der Waals surface area contributed by atoms with Gasteiger partial charge in [0.2, 0.25) is 5.91 Å². The summed E-state index contributed by atoms with van der Waals surface area (Å²) in [6.07, 6.45) is 2.54. The van der Waals surface area contributed by atoms with Crippen LogP contribution in [0.3, 0.4) is 0 Å². The van der Waals surface area contributed by atoms with Crippen molar-refractivity contribution in [2.75, 3.05) is 10.0 Å². The summed E-state index contributed by atoms with van der Waals surface area (Å²) in [5.74, 6) is -2.93. The van der Waals surface area contributed by atoms with Gasteiger partial charge >= 0.3 is 0 Å². The number of hydrogen-bond donors (Lipinski definition) is 2. The molecule has 2 aromatic carbocycles. The molecular weight excluding hydrogens is 392 g/mol. The average Bonchev–Trinajstić information content (AvgIpc) is 2.69. The third kappa shape index (κ3) is 5.14. The highest BCUT2D eigenvalue weighted by Crippen LogP contribution is 2.31. The van der Waals surface area contributed by atoms with Gasteiger partial charge in [0.25, 0.3) is 10.0 Å². The van der Waals surface area contributed by atoms with Crippen molar-refractivity contribution in [1.29, 1.82) is 0 Å². The van der Waals surface area contributed by atoms with Gasteiger partial charge in [-0.15, -0.1) is 0 Å². The van der Waals surface area contributed by atoms with E-state index >= 15 is 0 Å². The van der Waals surface area contributed by atoms with E-state index in [1.807, 2.05) is 6.92 Å². The van der Waals surface area contributed by atoms with Gasteiger partial charge in [0.15, 0.2) is 0 Å². The van der Waals surface area contributed by atoms with Gasteiger partial charge in [-0.1, -0.05) is 30.5 Å². The van der Waals surface area contributed by atoms with Crippen molar-refractivity contribution in [3.63, 3.8) is 0 Å².